The Morgan fingerprint density at radius 1 is 1.40 bits per heavy atom. The van der Waals surface area contributed by atoms with E-state index in [-0.39, 0.29) is 12.4 Å². The maximum Gasteiger partial charge on any atom is 0.127 e. The monoisotopic (exact) mass is 228 g/mol. The molecule has 0 amide bonds. The molecule has 0 atom stereocenters. The Morgan fingerprint density at radius 3 is 2.47 bits per heavy atom. The highest BCUT2D eigenvalue weighted by molar-refractivity contribution is 7.98. The zero-order valence-corrected chi connectivity index (χ0v) is 10.4. The highest BCUT2D eigenvalue weighted by atomic mass is 32.2. The van der Waals surface area contributed by atoms with Crippen molar-refractivity contribution in [1.82, 2.24) is 0 Å². The van der Waals surface area contributed by atoms with Gasteiger partial charge in [0.2, 0.25) is 0 Å². The summed E-state index contributed by atoms with van der Waals surface area (Å²) in [6, 6.07) is 3.38. The lowest BCUT2D eigenvalue weighted by atomic mass is 9.85. The van der Waals surface area contributed by atoms with Gasteiger partial charge in [-0.2, -0.15) is 0 Å². The van der Waals surface area contributed by atoms with Gasteiger partial charge in [0.1, 0.15) is 5.82 Å². The van der Waals surface area contributed by atoms with Gasteiger partial charge < -0.3 is 5.11 Å². The average molecular weight is 228 g/mol. The van der Waals surface area contributed by atoms with Gasteiger partial charge in [-0.25, -0.2) is 4.39 Å². The third-order valence-corrected chi connectivity index (χ3v) is 3.49. The minimum Gasteiger partial charge on any atom is -0.395 e. The van der Waals surface area contributed by atoms with Crippen molar-refractivity contribution in [2.75, 3.05) is 12.9 Å². The summed E-state index contributed by atoms with van der Waals surface area (Å²) in [6.45, 7) is 5.52. The molecule has 0 fully saturated rings. The standard InChI is InChI=1S/C12H17FOS/c1-8-5-10(13)9(6-11(8)15-4)12(2,3)7-14/h5-6,14H,7H2,1-4H3. The molecule has 0 saturated heterocycles. The number of aliphatic hydroxyl groups is 1. The lowest BCUT2D eigenvalue weighted by Gasteiger charge is -2.24. The number of rotatable bonds is 3. The Balaban J connectivity index is 3.30. The number of halogens is 1. The number of hydrogen-bond donors (Lipinski definition) is 1. The van der Waals surface area contributed by atoms with Crippen molar-refractivity contribution < 1.29 is 9.50 Å². The fourth-order valence-electron chi connectivity index (χ4n) is 1.48. The summed E-state index contributed by atoms with van der Waals surface area (Å²) in [4.78, 5) is 1.06. The Kier molecular flexibility index (Phi) is 3.79. The lowest BCUT2D eigenvalue weighted by Crippen LogP contribution is -2.23. The predicted molar refractivity (Wildman–Crippen MR) is 63.0 cm³/mol. The Morgan fingerprint density at radius 2 is 2.00 bits per heavy atom. The van der Waals surface area contributed by atoms with Crippen LogP contribution in [0.5, 0.6) is 0 Å². The van der Waals surface area contributed by atoms with E-state index in [0.29, 0.717) is 5.56 Å². The molecule has 1 nitrogen and oxygen atoms in total. The van der Waals surface area contributed by atoms with Crippen molar-refractivity contribution in [3.05, 3.63) is 29.1 Å². The maximum absolute atomic E-state index is 13.7. The molecule has 0 aliphatic carbocycles. The zero-order valence-electron chi connectivity index (χ0n) is 9.60. The van der Waals surface area contributed by atoms with Crippen molar-refractivity contribution in [3.8, 4) is 0 Å². The Bertz CT molecular complexity index is 361. The quantitative estimate of drug-likeness (QED) is 0.802. The molecule has 1 N–H and O–H groups in total. The van der Waals surface area contributed by atoms with Crippen molar-refractivity contribution in [2.45, 2.75) is 31.1 Å². The van der Waals surface area contributed by atoms with Crippen LogP contribution in [0.4, 0.5) is 4.39 Å². The molecular formula is C12H17FOS. The van der Waals surface area contributed by atoms with E-state index in [2.05, 4.69) is 0 Å². The molecule has 3 heteroatoms. The van der Waals surface area contributed by atoms with Crippen molar-refractivity contribution in [1.29, 1.82) is 0 Å². The number of benzene rings is 1. The Hall–Kier alpha value is -0.540. The van der Waals surface area contributed by atoms with Gasteiger partial charge in [-0.15, -0.1) is 11.8 Å². The van der Waals surface area contributed by atoms with Gasteiger partial charge in [0, 0.05) is 10.3 Å². The fraction of sp³-hybridized carbons (Fsp3) is 0.500. The molecule has 0 aliphatic heterocycles. The van der Waals surface area contributed by atoms with E-state index in [1.165, 1.54) is 0 Å². The number of hydrogen-bond acceptors (Lipinski definition) is 2. The first-order valence-electron chi connectivity index (χ1n) is 4.88. The normalized spacial score (nSPS) is 11.9. The van der Waals surface area contributed by atoms with E-state index < -0.39 is 5.41 Å². The maximum atomic E-state index is 13.7. The van der Waals surface area contributed by atoms with Gasteiger partial charge in [0.05, 0.1) is 6.61 Å². The number of aryl methyl sites for hydroxylation is 1. The van der Waals surface area contributed by atoms with Gasteiger partial charge >= 0.3 is 0 Å². The lowest BCUT2D eigenvalue weighted by molar-refractivity contribution is 0.214. The van der Waals surface area contributed by atoms with Crippen molar-refractivity contribution in [2.24, 2.45) is 0 Å². The van der Waals surface area contributed by atoms with Crippen LogP contribution in [0.25, 0.3) is 0 Å². The smallest absolute Gasteiger partial charge is 0.127 e. The molecule has 1 aromatic carbocycles. The SMILES string of the molecule is CSc1cc(C(C)(C)CO)c(F)cc1C. The van der Waals surface area contributed by atoms with Crippen LogP contribution < -0.4 is 0 Å². The minimum atomic E-state index is -0.526. The van der Waals surface area contributed by atoms with Crippen molar-refractivity contribution >= 4 is 11.8 Å². The zero-order chi connectivity index (χ0) is 11.6. The molecule has 84 valence electrons. The number of aliphatic hydroxyl groups excluding tert-OH is 1. The topological polar surface area (TPSA) is 20.2 Å². The molecule has 1 aromatic rings. The first-order valence-corrected chi connectivity index (χ1v) is 6.10. The molecule has 0 spiro atoms. The molecule has 0 aliphatic rings. The second-order valence-corrected chi connectivity index (χ2v) is 5.19. The molecule has 0 aromatic heterocycles. The molecule has 0 radical (unpaired) electrons. The van der Waals surface area contributed by atoms with Gasteiger partial charge in [-0.3, -0.25) is 0 Å². The van der Waals surface area contributed by atoms with Gasteiger partial charge in [0.15, 0.2) is 0 Å². The summed E-state index contributed by atoms with van der Waals surface area (Å²) in [5.41, 5.74) is 1.000. The van der Waals surface area contributed by atoms with Crippen LogP contribution in [-0.2, 0) is 5.41 Å². The first kappa shape index (κ1) is 12.5. The molecule has 15 heavy (non-hydrogen) atoms. The third kappa shape index (κ3) is 2.52. The summed E-state index contributed by atoms with van der Waals surface area (Å²) < 4.78 is 13.7. The van der Waals surface area contributed by atoms with Crippen LogP contribution in [0, 0.1) is 12.7 Å². The second-order valence-electron chi connectivity index (χ2n) is 4.34. The molecule has 1 rings (SSSR count). The van der Waals surface area contributed by atoms with E-state index in [9.17, 15) is 9.50 Å². The highest BCUT2D eigenvalue weighted by Crippen LogP contribution is 2.31. The minimum absolute atomic E-state index is 0.0548. The molecular weight excluding hydrogens is 211 g/mol. The summed E-state index contributed by atoms with van der Waals surface area (Å²) in [5, 5.41) is 9.23. The van der Waals surface area contributed by atoms with Crippen LogP contribution in [0.2, 0.25) is 0 Å². The molecule has 0 saturated carbocycles. The van der Waals surface area contributed by atoms with Crippen LogP contribution in [-0.4, -0.2) is 18.0 Å². The fourth-order valence-corrected chi connectivity index (χ4v) is 2.09. The molecule has 0 unspecified atom stereocenters. The third-order valence-electron chi connectivity index (χ3n) is 2.61. The van der Waals surface area contributed by atoms with Crippen LogP contribution >= 0.6 is 11.8 Å². The van der Waals surface area contributed by atoms with Crippen LogP contribution in [0.1, 0.15) is 25.0 Å². The largest absolute Gasteiger partial charge is 0.395 e. The summed E-state index contributed by atoms with van der Waals surface area (Å²) in [7, 11) is 0. The van der Waals surface area contributed by atoms with E-state index in [1.807, 2.05) is 33.1 Å². The summed E-state index contributed by atoms with van der Waals surface area (Å²) >= 11 is 1.60. The summed E-state index contributed by atoms with van der Waals surface area (Å²) in [6.07, 6.45) is 1.97. The van der Waals surface area contributed by atoms with E-state index in [0.717, 1.165) is 10.5 Å². The van der Waals surface area contributed by atoms with Gasteiger partial charge in [-0.05, 0) is 36.4 Å². The van der Waals surface area contributed by atoms with Crippen LogP contribution in [0.3, 0.4) is 0 Å². The summed E-state index contributed by atoms with van der Waals surface area (Å²) in [5.74, 6) is -0.232. The van der Waals surface area contributed by atoms with Gasteiger partial charge in [-0.1, -0.05) is 13.8 Å². The first-order chi connectivity index (χ1) is 6.92. The van der Waals surface area contributed by atoms with Gasteiger partial charge in [0.25, 0.3) is 0 Å². The average Bonchev–Trinajstić information content (AvgIpc) is 2.17. The Labute approximate surface area is 94.7 Å². The van der Waals surface area contributed by atoms with Crippen molar-refractivity contribution in [3.63, 3.8) is 0 Å². The predicted octanol–water partition coefficient (Wildman–Crippen LogP) is 3.13. The highest BCUT2D eigenvalue weighted by Gasteiger charge is 2.24. The van der Waals surface area contributed by atoms with E-state index in [1.54, 1.807) is 17.8 Å². The van der Waals surface area contributed by atoms with E-state index >= 15 is 0 Å². The second kappa shape index (κ2) is 4.54. The number of thioether (sulfide) groups is 1. The van der Waals surface area contributed by atoms with E-state index in [4.69, 9.17) is 0 Å². The molecule has 0 heterocycles. The molecule has 0 bridgehead atoms. The van der Waals surface area contributed by atoms with Crippen LogP contribution in [0.15, 0.2) is 17.0 Å².